The lowest BCUT2D eigenvalue weighted by Crippen LogP contribution is -2.35. The lowest BCUT2D eigenvalue weighted by molar-refractivity contribution is 0.607. The summed E-state index contributed by atoms with van der Waals surface area (Å²) < 4.78 is 13.3. The molecule has 2 nitrogen and oxygen atoms in total. The number of anilines is 1. The summed E-state index contributed by atoms with van der Waals surface area (Å²) >= 11 is 0. The molecule has 3 heteroatoms. The van der Waals surface area contributed by atoms with Gasteiger partial charge in [-0.2, -0.15) is 0 Å². The molecule has 76 valence electrons. The van der Waals surface area contributed by atoms with E-state index in [-0.39, 0.29) is 17.9 Å². The van der Waals surface area contributed by atoms with Crippen LogP contribution in [0.4, 0.5) is 10.1 Å². The van der Waals surface area contributed by atoms with Gasteiger partial charge in [0.15, 0.2) is 0 Å². The van der Waals surface area contributed by atoms with Gasteiger partial charge in [-0.15, -0.1) is 0 Å². The second-order valence-corrected chi connectivity index (χ2v) is 3.83. The molecule has 0 spiro atoms. The maximum absolute atomic E-state index is 13.3. The lowest BCUT2D eigenvalue weighted by Gasteiger charge is -2.18. The quantitative estimate of drug-likeness (QED) is 0.756. The predicted molar refractivity (Wildman–Crippen MR) is 55.6 cm³/mol. The normalized spacial score (nSPS) is 26.4. The fourth-order valence-corrected chi connectivity index (χ4v) is 1.95. The number of para-hydroxylation sites is 1. The Morgan fingerprint density at radius 3 is 2.71 bits per heavy atom. The van der Waals surface area contributed by atoms with Gasteiger partial charge in [0.05, 0.1) is 5.69 Å². The Bertz CT molecular complexity index is 314. The summed E-state index contributed by atoms with van der Waals surface area (Å²) in [7, 11) is 0. The van der Waals surface area contributed by atoms with Crippen molar-refractivity contribution in [3.05, 3.63) is 30.1 Å². The van der Waals surface area contributed by atoms with Crippen molar-refractivity contribution >= 4 is 5.69 Å². The lowest BCUT2D eigenvalue weighted by atomic mass is 10.1. The summed E-state index contributed by atoms with van der Waals surface area (Å²) in [5, 5.41) is 3.16. The van der Waals surface area contributed by atoms with E-state index in [1.54, 1.807) is 12.1 Å². The average Bonchev–Trinajstić information content (AvgIpc) is 2.56. The summed E-state index contributed by atoms with van der Waals surface area (Å²) in [6.45, 7) is 0. The molecule has 1 fully saturated rings. The second kappa shape index (κ2) is 3.96. The molecule has 0 heterocycles. The van der Waals surface area contributed by atoms with E-state index in [4.69, 9.17) is 5.73 Å². The van der Waals surface area contributed by atoms with E-state index in [2.05, 4.69) is 5.32 Å². The van der Waals surface area contributed by atoms with Crippen LogP contribution in [0.15, 0.2) is 24.3 Å². The van der Waals surface area contributed by atoms with Crippen LogP contribution in [-0.4, -0.2) is 12.1 Å². The van der Waals surface area contributed by atoms with Crippen LogP contribution in [0.3, 0.4) is 0 Å². The van der Waals surface area contributed by atoms with Crippen molar-refractivity contribution in [2.24, 2.45) is 5.73 Å². The van der Waals surface area contributed by atoms with E-state index >= 15 is 0 Å². The highest BCUT2D eigenvalue weighted by Crippen LogP contribution is 2.22. The summed E-state index contributed by atoms with van der Waals surface area (Å²) in [4.78, 5) is 0. The van der Waals surface area contributed by atoms with Gasteiger partial charge in [-0.25, -0.2) is 4.39 Å². The third-order valence-electron chi connectivity index (χ3n) is 2.78. The molecule has 14 heavy (non-hydrogen) atoms. The number of benzene rings is 1. The Morgan fingerprint density at radius 1 is 1.29 bits per heavy atom. The molecular formula is C11H15FN2. The Balaban J connectivity index is 2.07. The molecule has 0 aliphatic heterocycles. The van der Waals surface area contributed by atoms with Crippen LogP contribution >= 0.6 is 0 Å². The van der Waals surface area contributed by atoms with Gasteiger partial charge in [0.1, 0.15) is 5.82 Å². The fraction of sp³-hybridized carbons (Fsp3) is 0.455. The Labute approximate surface area is 83.3 Å². The molecule has 1 aromatic rings. The number of hydrogen-bond acceptors (Lipinski definition) is 2. The summed E-state index contributed by atoms with van der Waals surface area (Å²) in [5.41, 5.74) is 6.46. The molecule has 3 N–H and O–H groups in total. The highest BCUT2D eigenvalue weighted by atomic mass is 19.1. The molecule has 0 amide bonds. The molecule has 1 saturated carbocycles. The average molecular weight is 194 g/mol. The van der Waals surface area contributed by atoms with E-state index in [1.165, 1.54) is 6.07 Å². The van der Waals surface area contributed by atoms with Crippen molar-refractivity contribution < 1.29 is 4.39 Å². The Morgan fingerprint density at radius 2 is 2.07 bits per heavy atom. The van der Waals surface area contributed by atoms with Gasteiger partial charge in [-0.05, 0) is 31.4 Å². The van der Waals surface area contributed by atoms with Crippen LogP contribution in [0.25, 0.3) is 0 Å². The number of nitrogens with two attached hydrogens (primary N) is 1. The topological polar surface area (TPSA) is 38.0 Å². The fourth-order valence-electron chi connectivity index (χ4n) is 1.95. The zero-order chi connectivity index (χ0) is 9.97. The molecule has 0 bridgehead atoms. The Hall–Kier alpha value is -1.09. The first-order valence-electron chi connectivity index (χ1n) is 5.04. The van der Waals surface area contributed by atoms with Crippen molar-refractivity contribution in [3.63, 3.8) is 0 Å². The molecule has 0 aromatic heterocycles. The van der Waals surface area contributed by atoms with Crippen LogP contribution in [0, 0.1) is 5.82 Å². The molecule has 1 aromatic carbocycles. The first-order chi connectivity index (χ1) is 6.77. The molecule has 0 saturated heterocycles. The number of nitrogens with one attached hydrogen (secondary N) is 1. The number of hydrogen-bond donors (Lipinski definition) is 2. The summed E-state index contributed by atoms with van der Waals surface area (Å²) in [6, 6.07) is 7.12. The Kier molecular flexibility index (Phi) is 2.68. The maximum atomic E-state index is 13.3. The van der Waals surface area contributed by atoms with Gasteiger partial charge in [-0.3, -0.25) is 0 Å². The van der Waals surface area contributed by atoms with E-state index in [9.17, 15) is 4.39 Å². The van der Waals surface area contributed by atoms with E-state index in [1.807, 2.05) is 6.07 Å². The first kappa shape index (κ1) is 9.46. The minimum atomic E-state index is -0.202. The van der Waals surface area contributed by atoms with Gasteiger partial charge in [0, 0.05) is 12.1 Å². The van der Waals surface area contributed by atoms with E-state index in [0.29, 0.717) is 5.69 Å². The van der Waals surface area contributed by atoms with E-state index < -0.39 is 0 Å². The van der Waals surface area contributed by atoms with Crippen LogP contribution < -0.4 is 11.1 Å². The van der Waals surface area contributed by atoms with Gasteiger partial charge in [-0.1, -0.05) is 12.1 Å². The monoisotopic (exact) mass is 194 g/mol. The number of halogens is 1. The molecular weight excluding hydrogens is 179 g/mol. The molecule has 0 unspecified atom stereocenters. The zero-order valence-electron chi connectivity index (χ0n) is 8.04. The van der Waals surface area contributed by atoms with Crippen LogP contribution in [-0.2, 0) is 0 Å². The van der Waals surface area contributed by atoms with Gasteiger partial charge >= 0.3 is 0 Å². The first-order valence-corrected chi connectivity index (χ1v) is 5.04. The van der Waals surface area contributed by atoms with Crippen LogP contribution in [0.1, 0.15) is 19.3 Å². The molecule has 1 aliphatic carbocycles. The van der Waals surface area contributed by atoms with Gasteiger partial charge in [0.25, 0.3) is 0 Å². The third-order valence-corrected chi connectivity index (χ3v) is 2.78. The molecule has 1 aliphatic rings. The summed E-state index contributed by atoms with van der Waals surface area (Å²) in [5.74, 6) is -0.202. The van der Waals surface area contributed by atoms with Crippen molar-refractivity contribution in [2.75, 3.05) is 5.32 Å². The van der Waals surface area contributed by atoms with Crippen molar-refractivity contribution in [1.29, 1.82) is 0 Å². The largest absolute Gasteiger partial charge is 0.378 e. The highest BCUT2D eigenvalue weighted by molar-refractivity contribution is 5.45. The van der Waals surface area contributed by atoms with Crippen molar-refractivity contribution in [1.82, 2.24) is 0 Å². The number of rotatable bonds is 2. The molecule has 0 radical (unpaired) electrons. The predicted octanol–water partition coefficient (Wildman–Crippen LogP) is 2.12. The smallest absolute Gasteiger partial charge is 0.146 e. The highest BCUT2D eigenvalue weighted by Gasteiger charge is 2.23. The van der Waals surface area contributed by atoms with Crippen LogP contribution in [0.2, 0.25) is 0 Å². The maximum Gasteiger partial charge on any atom is 0.146 e. The minimum absolute atomic E-state index is 0.162. The zero-order valence-corrected chi connectivity index (χ0v) is 8.04. The van der Waals surface area contributed by atoms with E-state index in [0.717, 1.165) is 19.3 Å². The summed E-state index contributed by atoms with van der Waals surface area (Å²) in [6.07, 6.45) is 3.20. The van der Waals surface area contributed by atoms with Gasteiger partial charge < -0.3 is 11.1 Å². The van der Waals surface area contributed by atoms with Gasteiger partial charge in [0.2, 0.25) is 0 Å². The second-order valence-electron chi connectivity index (χ2n) is 3.83. The standard InChI is InChI=1S/C11H15FN2/c12-8-4-1-2-6-10(8)14-11-7-3-5-9(11)13/h1-2,4,6,9,11,14H,3,5,7,13H2/t9-,11+/m0/s1. The third kappa shape index (κ3) is 1.87. The van der Waals surface area contributed by atoms with Crippen molar-refractivity contribution in [2.45, 2.75) is 31.3 Å². The molecule has 2 atom stereocenters. The minimum Gasteiger partial charge on any atom is -0.378 e. The van der Waals surface area contributed by atoms with Crippen molar-refractivity contribution in [3.8, 4) is 0 Å². The van der Waals surface area contributed by atoms with Crippen LogP contribution in [0.5, 0.6) is 0 Å². The SMILES string of the molecule is N[C@H]1CCC[C@H]1Nc1ccccc1F. The molecule has 2 rings (SSSR count).